The van der Waals surface area contributed by atoms with E-state index in [1.807, 2.05) is 24.3 Å². The van der Waals surface area contributed by atoms with Crippen LogP contribution in [0.4, 0.5) is 18.9 Å². The average Bonchev–Trinajstić information content (AvgIpc) is 3.45. The molecule has 0 spiro atoms. The van der Waals surface area contributed by atoms with E-state index in [9.17, 15) is 22.8 Å². The molecule has 0 aliphatic carbocycles. The Hall–Kier alpha value is -3.27. The number of nitrogens with two attached hydrogens (primary N) is 1. The van der Waals surface area contributed by atoms with Crippen LogP contribution in [0.2, 0.25) is 10.0 Å². The molecule has 41 heavy (non-hydrogen) atoms. The van der Waals surface area contributed by atoms with Crippen molar-refractivity contribution in [3.05, 3.63) is 87.9 Å². The van der Waals surface area contributed by atoms with Crippen LogP contribution in [0.25, 0.3) is 11.1 Å². The zero-order valence-corrected chi connectivity index (χ0v) is 23.9. The number of carbonyl (C=O) groups excluding carboxylic acids is 2. The van der Waals surface area contributed by atoms with E-state index >= 15 is 0 Å². The van der Waals surface area contributed by atoms with E-state index in [2.05, 4.69) is 10.2 Å². The maximum Gasteiger partial charge on any atom is 0.416 e. The summed E-state index contributed by atoms with van der Waals surface area (Å²) in [6.07, 6.45) is -2.24. The van der Waals surface area contributed by atoms with E-state index in [4.69, 9.17) is 28.9 Å². The van der Waals surface area contributed by atoms with E-state index in [0.29, 0.717) is 22.8 Å². The number of rotatable bonds is 10. The molecule has 2 amide bonds. The highest BCUT2D eigenvalue weighted by molar-refractivity contribution is 6.42. The number of anilines is 1. The summed E-state index contributed by atoms with van der Waals surface area (Å²) in [5.41, 5.74) is 7.58. The standard InChI is InChI=1S/C30H31Cl2F3N4O2/c1-19(39(18-28(36)40)24-12-13-25(31)26(32)16-24)29(41)37-27(17-38-14-2-3-15-38)22-6-4-20(5-7-22)21-8-10-23(11-9-21)30(33,34)35/h4-13,16,19,27H,2-3,14-15,17-18H2,1H3,(H2,36,40)(H,37,41). The number of nitrogens with zero attached hydrogens (tertiary/aromatic N) is 2. The summed E-state index contributed by atoms with van der Waals surface area (Å²) >= 11 is 12.2. The van der Waals surface area contributed by atoms with E-state index < -0.39 is 23.7 Å². The molecule has 0 aromatic heterocycles. The van der Waals surface area contributed by atoms with Crippen LogP contribution < -0.4 is 16.0 Å². The number of hydrogen-bond donors (Lipinski definition) is 2. The molecule has 2 atom stereocenters. The lowest BCUT2D eigenvalue weighted by molar-refractivity contribution is -0.137. The molecule has 0 saturated carbocycles. The van der Waals surface area contributed by atoms with Gasteiger partial charge in [0.2, 0.25) is 11.8 Å². The summed E-state index contributed by atoms with van der Waals surface area (Å²) in [5, 5.41) is 3.76. The molecule has 6 nitrogen and oxygen atoms in total. The molecule has 1 fully saturated rings. The predicted octanol–water partition coefficient (Wildman–Crippen LogP) is 6.31. The van der Waals surface area contributed by atoms with Crippen molar-refractivity contribution in [3.63, 3.8) is 0 Å². The van der Waals surface area contributed by atoms with Crippen molar-refractivity contribution >= 4 is 40.7 Å². The first-order valence-electron chi connectivity index (χ1n) is 13.2. The molecule has 4 rings (SSSR count). The molecule has 0 radical (unpaired) electrons. The van der Waals surface area contributed by atoms with Crippen LogP contribution in [0.1, 0.15) is 36.9 Å². The molecule has 1 aliphatic heterocycles. The normalized spacial score (nSPS) is 15.4. The number of primary amides is 1. The van der Waals surface area contributed by atoms with Gasteiger partial charge in [-0.15, -0.1) is 0 Å². The number of nitrogens with one attached hydrogen (secondary N) is 1. The molecule has 218 valence electrons. The van der Waals surface area contributed by atoms with Gasteiger partial charge in [0, 0.05) is 12.2 Å². The lowest BCUT2D eigenvalue weighted by Gasteiger charge is -2.32. The largest absolute Gasteiger partial charge is 0.416 e. The third-order valence-corrected chi connectivity index (χ3v) is 7.96. The fourth-order valence-electron chi connectivity index (χ4n) is 4.93. The van der Waals surface area contributed by atoms with Crippen molar-refractivity contribution in [2.45, 2.75) is 38.0 Å². The number of alkyl halides is 3. The van der Waals surface area contributed by atoms with Crippen LogP contribution in [0, 0.1) is 0 Å². The predicted molar refractivity (Wildman–Crippen MR) is 156 cm³/mol. The van der Waals surface area contributed by atoms with Crippen molar-refractivity contribution in [1.82, 2.24) is 10.2 Å². The minimum absolute atomic E-state index is 0.203. The number of carbonyl (C=O) groups is 2. The highest BCUT2D eigenvalue weighted by atomic mass is 35.5. The molecular weight excluding hydrogens is 576 g/mol. The quantitative estimate of drug-likeness (QED) is 0.283. The van der Waals surface area contributed by atoms with Gasteiger partial charge in [0.1, 0.15) is 6.04 Å². The van der Waals surface area contributed by atoms with Crippen LogP contribution >= 0.6 is 23.2 Å². The summed E-state index contributed by atoms with van der Waals surface area (Å²) in [4.78, 5) is 29.3. The van der Waals surface area contributed by atoms with Crippen LogP contribution in [-0.4, -0.2) is 48.9 Å². The topological polar surface area (TPSA) is 78.7 Å². The van der Waals surface area contributed by atoms with Crippen molar-refractivity contribution in [2.24, 2.45) is 5.73 Å². The maximum absolute atomic E-state index is 13.6. The van der Waals surface area contributed by atoms with Crippen LogP contribution in [0.3, 0.4) is 0 Å². The Morgan fingerprint density at radius 2 is 1.54 bits per heavy atom. The minimum atomic E-state index is -4.40. The van der Waals surface area contributed by atoms with Gasteiger partial charge >= 0.3 is 6.18 Å². The number of halogens is 5. The molecule has 3 N–H and O–H groups in total. The second-order valence-electron chi connectivity index (χ2n) is 10.1. The zero-order valence-electron chi connectivity index (χ0n) is 22.4. The van der Waals surface area contributed by atoms with Gasteiger partial charge in [0.25, 0.3) is 0 Å². The van der Waals surface area contributed by atoms with Crippen LogP contribution in [0.15, 0.2) is 66.7 Å². The molecular formula is C30H31Cl2F3N4O2. The second-order valence-corrected chi connectivity index (χ2v) is 10.9. The Bertz CT molecular complexity index is 1360. The molecule has 1 heterocycles. The van der Waals surface area contributed by atoms with Gasteiger partial charge in [-0.2, -0.15) is 13.2 Å². The van der Waals surface area contributed by atoms with E-state index in [1.54, 1.807) is 30.0 Å². The van der Waals surface area contributed by atoms with Crippen molar-refractivity contribution in [1.29, 1.82) is 0 Å². The smallest absolute Gasteiger partial charge is 0.368 e. The molecule has 0 bridgehead atoms. The first-order valence-corrected chi connectivity index (χ1v) is 14.0. The Labute approximate surface area is 247 Å². The molecule has 3 aromatic carbocycles. The summed E-state index contributed by atoms with van der Waals surface area (Å²) in [6.45, 7) is 3.90. The number of amides is 2. The van der Waals surface area contributed by atoms with Gasteiger partial charge in [0.15, 0.2) is 0 Å². The van der Waals surface area contributed by atoms with Gasteiger partial charge in [-0.25, -0.2) is 0 Å². The molecule has 1 aliphatic rings. The number of hydrogen-bond acceptors (Lipinski definition) is 4. The molecule has 11 heteroatoms. The first kappa shape index (κ1) is 30.7. The third kappa shape index (κ3) is 7.93. The minimum Gasteiger partial charge on any atom is -0.368 e. The highest BCUT2D eigenvalue weighted by Crippen LogP contribution is 2.32. The van der Waals surface area contributed by atoms with Gasteiger partial charge < -0.3 is 20.9 Å². The molecule has 3 aromatic rings. The van der Waals surface area contributed by atoms with Crippen molar-refractivity contribution in [2.75, 3.05) is 31.1 Å². The lowest BCUT2D eigenvalue weighted by atomic mass is 9.99. The highest BCUT2D eigenvalue weighted by Gasteiger charge is 2.30. The van der Waals surface area contributed by atoms with E-state index in [1.165, 1.54) is 12.1 Å². The van der Waals surface area contributed by atoms with Crippen LogP contribution in [0.5, 0.6) is 0 Å². The van der Waals surface area contributed by atoms with Gasteiger partial charge in [-0.3, -0.25) is 9.59 Å². The average molecular weight is 608 g/mol. The molecule has 2 unspecified atom stereocenters. The Kier molecular flexibility index (Phi) is 9.84. The third-order valence-electron chi connectivity index (χ3n) is 7.22. The van der Waals surface area contributed by atoms with Gasteiger partial charge in [-0.05, 0) is 79.9 Å². The van der Waals surface area contributed by atoms with Crippen LogP contribution in [-0.2, 0) is 15.8 Å². The van der Waals surface area contributed by atoms with Gasteiger partial charge in [0.05, 0.1) is 28.2 Å². The summed E-state index contributed by atoms with van der Waals surface area (Å²) in [7, 11) is 0. The second kappa shape index (κ2) is 13.1. The summed E-state index contributed by atoms with van der Waals surface area (Å²) < 4.78 is 38.9. The first-order chi connectivity index (χ1) is 19.4. The summed E-state index contributed by atoms with van der Waals surface area (Å²) in [5.74, 6) is -0.920. The van der Waals surface area contributed by atoms with Crippen molar-refractivity contribution in [3.8, 4) is 11.1 Å². The summed E-state index contributed by atoms with van der Waals surface area (Å²) in [6, 6.07) is 16.1. The van der Waals surface area contributed by atoms with Gasteiger partial charge in [-0.1, -0.05) is 59.6 Å². The monoisotopic (exact) mass is 606 g/mol. The fraction of sp³-hybridized carbons (Fsp3) is 0.333. The Balaban J connectivity index is 1.56. The SMILES string of the molecule is CC(C(=O)NC(CN1CCCC1)c1ccc(-c2ccc(C(F)(F)F)cc2)cc1)N(CC(N)=O)c1ccc(Cl)c(Cl)c1. The lowest BCUT2D eigenvalue weighted by Crippen LogP contribution is -2.50. The zero-order chi connectivity index (χ0) is 29.7. The molecule has 1 saturated heterocycles. The number of likely N-dealkylation sites (tertiary alicyclic amines) is 1. The Morgan fingerprint density at radius 3 is 2.07 bits per heavy atom. The van der Waals surface area contributed by atoms with E-state index in [0.717, 1.165) is 49.2 Å². The maximum atomic E-state index is 13.6. The Morgan fingerprint density at radius 1 is 0.951 bits per heavy atom. The number of benzene rings is 3. The fourth-order valence-corrected chi connectivity index (χ4v) is 5.23. The van der Waals surface area contributed by atoms with E-state index in [-0.39, 0.29) is 23.5 Å². The van der Waals surface area contributed by atoms with Crippen molar-refractivity contribution < 1.29 is 22.8 Å².